The number of nitrogens with one attached hydrogen (secondary N) is 1. The van der Waals surface area contributed by atoms with Gasteiger partial charge in [0.1, 0.15) is 5.75 Å². The van der Waals surface area contributed by atoms with Gasteiger partial charge in [-0.2, -0.15) is 0 Å². The highest BCUT2D eigenvalue weighted by Gasteiger charge is 2.36. The Morgan fingerprint density at radius 1 is 1.33 bits per heavy atom. The number of piperidine rings is 1. The van der Waals surface area contributed by atoms with Crippen LogP contribution in [0.1, 0.15) is 50.6 Å². The van der Waals surface area contributed by atoms with Gasteiger partial charge in [0.2, 0.25) is 0 Å². The molecular formula is C17H25BrN2O. The van der Waals surface area contributed by atoms with E-state index < -0.39 is 0 Å². The molecule has 0 bridgehead atoms. The molecule has 2 aliphatic heterocycles. The van der Waals surface area contributed by atoms with Crippen molar-refractivity contribution in [2.75, 3.05) is 13.1 Å². The molecule has 3 nitrogen and oxygen atoms in total. The van der Waals surface area contributed by atoms with Gasteiger partial charge in [-0.05, 0) is 50.4 Å². The van der Waals surface area contributed by atoms with Gasteiger partial charge in [-0.1, -0.05) is 29.3 Å². The fourth-order valence-electron chi connectivity index (χ4n) is 3.93. The highest BCUT2D eigenvalue weighted by Crippen LogP contribution is 2.33. The summed E-state index contributed by atoms with van der Waals surface area (Å²) < 4.78 is 1.03. The molecule has 21 heavy (non-hydrogen) atoms. The molecule has 0 saturated carbocycles. The van der Waals surface area contributed by atoms with Gasteiger partial charge in [-0.15, -0.1) is 0 Å². The van der Waals surface area contributed by atoms with Gasteiger partial charge < -0.3 is 10.4 Å². The van der Waals surface area contributed by atoms with Crippen molar-refractivity contribution in [1.82, 2.24) is 10.2 Å². The van der Waals surface area contributed by atoms with E-state index in [0.29, 0.717) is 17.8 Å². The molecule has 2 aliphatic rings. The number of benzene rings is 1. The molecule has 3 unspecified atom stereocenters. The number of phenols is 1. The van der Waals surface area contributed by atoms with E-state index in [2.05, 4.69) is 33.1 Å². The number of hydrogen-bond donors (Lipinski definition) is 2. The Morgan fingerprint density at radius 3 is 3.00 bits per heavy atom. The minimum Gasteiger partial charge on any atom is -0.508 e. The van der Waals surface area contributed by atoms with Gasteiger partial charge in [0.05, 0.1) is 0 Å². The van der Waals surface area contributed by atoms with Gasteiger partial charge in [-0.25, -0.2) is 0 Å². The molecule has 2 N–H and O–H groups in total. The zero-order chi connectivity index (χ0) is 14.8. The standard InChI is InChI=1S/C17H25BrN2O/c1-2-14(13-11-12(18)6-7-17(13)21)19-15-8-10-20-9-4-3-5-16(15)20/h6-7,11,14-16,19,21H,2-5,8-10H2,1H3. The smallest absolute Gasteiger partial charge is 0.120 e. The van der Waals surface area contributed by atoms with Crippen molar-refractivity contribution in [3.05, 3.63) is 28.2 Å². The Hall–Kier alpha value is -0.580. The predicted octanol–water partition coefficient (Wildman–Crippen LogP) is 3.82. The molecule has 0 amide bonds. The Kier molecular flexibility index (Phi) is 4.87. The van der Waals surface area contributed by atoms with Crippen molar-refractivity contribution < 1.29 is 5.11 Å². The van der Waals surface area contributed by atoms with Crippen molar-refractivity contribution in [2.45, 2.75) is 57.2 Å². The molecule has 116 valence electrons. The van der Waals surface area contributed by atoms with Crippen LogP contribution in [0.4, 0.5) is 0 Å². The SMILES string of the molecule is CCC(NC1CCN2CCCCC12)c1cc(Br)ccc1O. The Bertz CT molecular complexity index is 494. The lowest BCUT2D eigenvalue weighted by Gasteiger charge is -2.34. The highest BCUT2D eigenvalue weighted by atomic mass is 79.9. The summed E-state index contributed by atoms with van der Waals surface area (Å²) in [5, 5.41) is 14.0. The second-order valence-electron chi connectivity index (χ2n) is 6.32. The zero-order valence-corrected chi connectivity index (χ0v) is 14.3. The second-order valence-corrected chi connectivity index (χ2v) is 7.24. The number of nitrogens with zero attached hydrogens (tertiary/aromatic N) is 1. The van der Waals surface area contributed by atoms with Gasteiger partial charge in [0.25, 0.3) is 0 Å². The largest absolute Gasteiger partial charge is 0.508 e. The Balaban J connectivity index is 1.74. The molecule has 3 atom stereocenters. The maximum Gasteiger partial charge on any atom is 0.120 e. The summed E-state index contributed by atoms with van der Waals surface area (Å²) in [4.78, 5) is 2.65. The lowest BCUT2D eigenvalue weighted by Crippen LogP contribution is -2.45. The van der Waals surface area contributed by atoms with Crippen molar-refractivity contribution in [1.29, 1.82) is 0 Å². The average molecular weight is 353 g/mol. The monoisotopic (exact) mass is 352 g/mol. The van der Waals surface area contributed by atoms with Crippen LogP contribution in [-0.2, 0) is 0 Å². The lowest BCUT2D eigenvalue weighted by molar-refractivity contribution is 0.176. The molecule has 2 heterocycles. The Labute approximate surface area is 135 Å². The van der Waals surface area contributed by atoms with E-state index in [0.717, 1.165) is 16.5 Å². The van der Waals surface area contributed by atoms with E-state index in [-0.39, 0.29) is 6.04 Å². The third-order valence-electron chi connectivity index (χ3n) is 5.04. The average Bonchev–Trinajstić information content (AvgIpc) is 2.91. The summed E-state index contributed by atoms with van der Waals surface area (Å²) in [5.74, 6) is 0.399. The van der Waals surface area contributed by atoms with Crippen LogP contribution in [0.25, 0.3) is 0 Å². The van der Waals surface area contributed by atoms with Crippen LogP contribution in [-0.4, -0.2) is 35.2 Å². The van der Waals surface area contributed by atoms with Crippen LogP contribution >= 0.6 is 15.9 Å². The number of aromatic hydroxyl groups is 1. The maximum atomic E-state index is 10.2. The van der Waals surface area contributed by atoms with Crippen molar-refractivity contribution in [3.8, 4) is 5.75 Å². The summed E-state index contributed by atoms with van der Waals surface area (Å²) in [6.45, 7) is 4.68. The summed E-state index contributed by atoms with van der Waals surface area (Å²) >= 11 is 3.51. The predicted molar refractivity (Wildman–Crippen MR) is 89.6 cm³/mol. The van der Waals surface area contributed by atoms with Crippen molar-refractivity contribution in [3.63, 3.8) is 0 Å². The van der Waals surface area contributed by atoms with Crippen LogP contribution < -0.4 is 5.32 Å². The lowest BCUT2D eigenvalue weighted by atomic mass is 9.96. The third kappa shape index (κ3) is 3.27. The topological polar surface area (TPSA) is 35.5 Å². The van der Waals surface area contributed by atoms with Gasteiger partial charge in [0.15, 0.2) is 0 Å². The number of halogens is 1. The van der Waals surface area contributed by atoms with E-state index in [4.69, 9.17) is 0 Å². The van der Waals surface area contributed by atoms with E-state index in [1.54, 1.807) is 6.07 Å². The number of hydrogen-bond acceptors (Lipinski definition) is 3. The van der Waals surface area contributed by atoms with Gasteiger partial charge >= 0.3 is 0 Å². The molecule has 0 aliphatic carbocycles. The highest BCUT2D eigenvalue weighted by molar-refractivity contribution is 9.10. The number of phenolic OH excluding ortho intramolecular Hbond substituents is 1. The molecule has 4 heteroatoms. The number of fused-ring (bicyclic) bond motifs is 1. The van der Waals surface area contributed by atoms with Crippen LogP contribution in [0.5, 0.6) is 5.75 Å². The van der Waals surface area contributed by atoms with Crippen molar-refractivity contribution >= 4 is 15.9 Å². The van der Waals surface area contributed by atoms with Crippen LogP contribution in [0, 0.1) is 0 Å². The molecular weight excluding hydrogens is 328 g/mol. The molecule has 1 aromatic carbocycles. The van der Waals surface area contributed by atoms with Crippen LogP contribution in [0.3, 0.4) is 0 Å². The van der Waals surface area contributed by atoms with E-state index in [9.17, 15) is 5.11 Å². The molecule has 2 fully saturated rings. The van der Waals surface area contributed by atoms with Crippen molar-refractivity contribution in [2.24, 2.45) is 0 Å². The molecule has 0 aromatic heterocycles. The number of rotatable bonds is 4. The Morgan fingerprint density at radius 2 is 2.19 bits per heavy atom. The summed E-state index contributed by atoms with van der Waals surface area (Å²) in [6.07, 6.45) is 6.26. The molecule has 2 saturated heterocycles. The zero-order valence-electron chi connectivity index (χ0n) is 12.7. The first-order valence-corrected chi connectivity index (χ1v) is 8.97. The third-order valence-corrected chi connectivity index (χ3v) is 5.54. The van der Waals surface area contributed by atoms with Gasteiger partial charge in [0, 0.05) is 34.7 Å². The molecule has 3 rings (SSSR count). The minimum absolute atomic E-state index is 0.231. The quantitative estimate of drug-likeness (QED) is 0.864. The second kappa shape index (κ2) is 6.67. The van der Waals surface area contributed by atoms with E-state index in [1.807, 2.05) is 12.1 Å². The molecule has 0 spiro atoms. The fraction of sp³-hybridized carbons (Fsp3) is 0.647. The van der Waals surface area contributed by atoms with Crippen LogP contribution in [0.2, 0.25) is 0 Å². The molecule has 1 aromatic rings. The van der Waals surface area contributed by atoms with Gasteiger partial charge in [-0.3, -0.25) is 4.90 Å². The molecule has 0 radical (unpaired) electrons. The van der Waals surface area contributed by atoms with Crippen LogP contribution in [0.15, 0.2) is 22.7 Å². The summed E-state index contributed by atoms with van der Waals surface area (Å²) in [6, 6.07) is 7.21. The first kappa shape index (κ1) is 15.3. The summed E-state index contributed by atoms with van der Waals surface area (Å²) in [7, 11) is 0. The van der Waals surface area contributed by atoms with E-state index in [1.165, 1.54) is 38.8 Å². The minimum atomic E-state index is 0.231. The van der Waals surface area contributed by atoms with E-state index >= 15 is 0 Å². The first-order valence-electron chi connectivity index (χ1n) is 8.17. The maximum absolute atomic E-state index is 10.2. The fourth-order valence-corrected chi connectivity index (χ4v) is 4.31. The summed E-state index contributed by atoms with van der Waals surface area (Å²) in [5.41, 5.74) is 1.01. The first-order chi connectivity index (χ1) is 10.2. The normalized spacial score (nSPS) is 27.5.